The van der Waals surface area contributed by atoms with Crippen LogP contribution in [0.3, 0.4) is 0 Å². The lowest BCUT2D eigenvalue weighted by atomic mass is 10.1. The van der Waals surface area contributed by atoms with Gasteiger partial charge < -0.3 is 31.0 Å². The van der Waals surface area contributed by atoms with Gasteiger partial charge in [0.1, 0.15) is 17.5 Å². The number of esters is 1. The van der Waals surface area contributed by atoms with Gasteiger partial charge in [-0.3, -0.25) is 4.79 Å². The highest BCUT2D eigenvalue weighted by Crippen LogP contribution is 2.30. The average molecular weight is 427 g/mol. The number of nitrogens with one attached hydrogen (secondary N) is 2. The topological polar surface area (TPSA) is 165 Å². The molecule has 1 aromatic rings. The summed E-state index contributed by atoms with van der Waals surface area (Å²) in [6.07, 6.45) is -0.252. The van der Waals surface area contributed by atoms with Crippen molar-refractivity contribution in [2.24, 2.45) is 5.16 Å². The zero-order valence-corrected chi connectivity index (χ0v) is 16.3. The van der Waals surface area contributed by atoms with Crippen molar-refractivity contribution in [1.82, 2.24) is 15.6 Å². The molecule has 0 aliphatic carbocycles. The molecule has 5 N–H and O–H groups in total. The third-order valence-electron chi connectivity index (χ3n) is 3.82. The van der Waals surface area contributed by atoms with E-state index in [0.717, 1.165) is 16.9 Å². The fourth-order valence-corrected chi connectivity index (χ4v) is 4.20. The van der Waals surface area contributed by atoms with Gasteiger partial charge in [0.15, 0.2) is 10.8 Å². The second-order valence-corrected chi connectivity index (χ2v) is 7.86. The molecule has 0 unspecified atom stereocenters. The minimum absolute atomic E-state index is 0.174. The quantitative estimate of drug-likeness (QED) is 0.253. The van der Waals surface area contributed by atoms with Gasteiger partial charge in [0.05, 0.1) is 5.37 Å². The molecule has 3 rings (SSSR count). The van der Waals surface area contributed by atoms with E-state index in [1.165, 1.54) is 17.1 Å². The van der Waals surface area contributed by atoms with Gasteiger partial charge in [0.2, 0.25) is 6.61 Å². The van der Waals surface area contributed by atoms with Crippen LogP contribution in [0.15, 0.2) is 21.8 Å². The molecule has 28 heavy (non-hydrogen) atoms. The molecule has 0 radical (unpaired) electrons. The maximum absolute atomic E-state index is 12.5. The molecule has 150 valence electrons. The van der Waals surface area contributed by atoms with Gasteiger partial charge in [-0.05, 0) is 6.92 Å². The molecule has 2 atom stereocenters. The maximum atomic E-state index is 12.5. The number of carbonyl (C=O) groups excluding carboxylic acids is 2. The van der Waals surface area contributed by atoms with Gasteiger partial charge in [-0.15, -0.1) is 23.1 Å². The number of amides is 1. The van der Waals surface area contributed by atoms with Gasteiger partial charge >= 0.3 is 11.9 Å². The highest BCUT2D eigenvalue weighted by atomic mass is 32.2. The van der Waals surface area contributed by atoms with E-state index in [4.69, 9.17) is 15.6 Å². The summed E-state index contributed by atoms with van der Waals surface area (Å²) >= 11 is 2.63. The zero-order valence-electron chi connectivity index (χ0n) is 14.6. The third-order valence-corrected chi connectivity index (χ3v) is 5.66. The number of carboxylic acid groups (broad SMARTS) is 1. The van der Waals surface area contributed by atoms with Crippen LogP contribution in [0.2, 0.25) is 0 Å². The molecule has 2 aliphatic rings. The number of cyclic esters (lactones) is 1. The van der Waals surface area contributed by atoms with Gasteiger partial charge in [-0.1, -0.05) is 5.16 Å². The summed E-state index contributed by atoms with van der Waals surface area (Å²) in [6.45, 7) is 1.29. The highest BCUT2D eigenvalue weighted by molar-refractivity contribution is 8.00. The van der Waals surface area contributed by atoms with Crippen LogP contribution in [-0.4, -0.2) is 64.0 Å². The Bertz CT molecular complexity index is 867. The molecule has 2 aliphatic heterocycles. The molecule has 0 saturated heterocycles. The highest BCUT2D eigenvalue weighted by Gasteiger charge is 2.36. The Hall–Kier alpha value is -2.80. The number of ether oxygens (including phenoxy) is 1. The summed E-state index contributed by atoms with van der Waals surface area (Å²) in [4.78, 5) is 43.6. The first-order valence-electron chi connectivity index (χ1n) is 8.08. The Kier molecular flexibility index (Phi) is 6.04. The number of aliphatic carboxylic acids is 1. The minimum atomic E-state index is -1.23. The third kappa shape index (κ3) is 4.54. The van der Waals surface area contributed by atoms with E-state index >= 15 is 0 Å². The van der Waals surface area contributed by atoms with Crippen molar-refractivity contribution in [2.75, 3.05) is 24.6 Å². The number of nitrogens with zero attached hydrogens (tertiary/aromatic N) is 2. The van der Waals surface area contributed by atoms with E-state index in [2.05, 4.69) is 25.6 Å². The number of aromatic nitrogens is 1. The standard InChI is InChI=1S/C15H17N5O6S2/c1-6-7-4-27-9(19-11(7)14(24)26-6)2-17-13(23)12(20-25-3-10(21)22)8-5-28-15(16)18-8/h5-6,9,19H,2-4H2,1H3,(H2,16,18)(H,17,23)(H,21,22)/b20-12+/t6-,9+/m0/s1. The van der Waals surface area contributed by atoms with Crippen molar-refractivity contribution in [3.05, 3.63) is 22.3 Å². The van der Waals surface area contributed by atoms with Crippen LogP contribution in [0, 0.1) is 0 Å². The Labute approximate surface area is 167 Å². The SMILES string of the molecule is C[C@@H]1OC(=O)C2=C1CS[C@H](CNC(=O)/C(=N/OCC(=O)O)c1csc(N)n1)N2. The first kappa shape index (κ1) is 19.9. The largest absolute Gasteiger partial charge is 0.479 e. The smallest absolute Gasteiger partial charge is 0.355 e. The van der Waals surface area contributed by atoms with Crippen molar-refractivity contribution >= 4 is 51.8 Å². The summed E-state index contributed by atoms with van der Waals surface area (Å²) in [7, 11) is 0. The second-order valence-electron chi connectivity index (χ2n) is 5.78. The molecule has 3 heterocycles. The number of nitrogens with two attached hydrogens (primary N) is 1. The van der Waals surface area contributed by atoms with Gasteiger partial charge in [0.25, 0.3) is 5.91 Å². The molecule has 0 saturated carbocycles. The molecule has 0 fully saturated rings. The number of thioether (sulfide) groups is 1. The van der Waals surface area contributed by atoms with Crippen molar-refractivity contribution in [2.45, 2.75) is 18.4 Å². The number of thiazole rings is 1. The summed E-state index contributed by atoms with van der Waals surface area (Å²) in [6, 6.07) is 0. The number of oxime groups is 1. The van der Waals surface area contributed by atoms with Gasteiger partial charge in [-0.25, -0.2) is 14.6 Å². The predicted molar refractivity (Wildman–Crippen MR) is 102 cm³/mol. The molecule has 0 bridgehead atoms. The summed E-state index contributed by atoms with van der Waals surface area (Å²) in [5.74, 6) is -1.63. The number of carboxylic acids is 1. The fraction of sp³-hybridized carbons (Fsp3) is 0.400. The van der Waals surface area contributed by atoms with Crippen LogP contribution in [0.25, 0.3) is 0 Å². The summed E-state index contributed by atoms with van der Waals surface area (Å²) < 4.78 is 5.17. The van der Waals surface area contributed by atoms with Crippen LogP contribution >= 0.6 is 23.1 Å². The monoisotopic (exact) mass is 427 g/mol. The Morgan fingerprint density at radius 2 is 2.36 bits per heavy atom. The Balaban J connectivity index is 1.63. The van der Waals surface area contributed by atoms with Crippen molar-refractivity contribution in [1.29, 1.82) is 0 Å². The summed E-state index contributed by atoms with van der Waals surface area (Å²) in [5.41, 5.74) is 6.91. The lowest BCUT2D eigenvalue weighted by molar-refractivity contribution is -0.142. The number of hydrogen-bond donors (Lipinski definition) is 4. The molecule has 11 nitrogen and oxygen atoms in total. The number of carbonyl (C=O) groups is 3. The normalized spacial score (nSPS) is 21.6. The number of nitrogen functional groups attached to an aromatic ring is 1. The molecule has 0 aromatic carbocycles. The van der Waals surface area contributed by atoms with Crippen LogP contribution in [-0.2, 0) is 24.0 Å². The van der Waals surface area contributed by atoms with Crippen LogP contribution in [0.4, 0.5) is 5.13 Å². The van der Waals surface area contributed by atoms with E-state index in [1.54, 1.807) is 0 Å². The van der Waals surface area contributed by atoms with Crippen LogP contribution in [0.5, 0.6) is 0 Å². The fourth-order valence-electron chi connectivity index (χ4n) is 2.49. The van der Waals surface area contributed by atoms with E-state index in [0.29, 0.717) is 11.4 Å². The number of rotatable bonds is 7. The molecule has 1 amide bonds. The van der Waals surface area contributed by atoms with Gasteiger partial charge in [0, 0.05) is 23.3 Å². The first-order chi connectivity index (χ1) is 13.3. The van der Waals surface area contributed by atoms with E-state index in [1.807, 2.05) is 6.92 Å². The Morgan fingerprint density at radius 3 is 3.04 bits per heavy atom. The molecule has 13 heteroatoms. The van der Waals surface area contributed by atoms with Crippen molar-refractivity contribution in [3.8, 4) is 0 Å². The lowest BCUT2D eigenvalue weighted by Crippen LogP contribution is -2.44. The van der Waals surface area contributed by atoms with Gasteiger partial charge in [-0.2, -0.15) is 0 Å². The second kappa shape index (κ2) is 8.48. The van der Waals surface area contributed by atoms with Crippen LogP contribution < -0.4 is 16.4 Å². The average Bonchev–Trinajstić information content (AvgIpc) is 3.19. The number of hydrogen-bond acceptors (Lipinski definition) is 11. The predicted octanol–water partition coefficient (Wildman–Crippen LogP) is -0.491. The van der Waals surface area contributed by atoms with Crippen LogP contribution in [0.1, 0.15) is 12.6 Å². The van der Waals surface area contributed by atoms with Crippen molar-refractivity contribution < 1.29 is 29.1 Å². The minimum Gasteiger partial charge on any atom is -0.479 e. The summed E-state index contributed by atoms with van der Waals surface area (Å²) in [5, 5.41) is 19.5. The van der Waals surface area contributed by atoms with E-state index in [-0.39, 0.29) is 34.6 Å². The van der Waals surface area contributed by atoms with E-state index < -0.39 is 24.5 Å². The first-order valence-corrected chi connectivity index (χ1v) is 10.0. The van der Waals surface area contributed by atoms with Crippen molar-refractivity contribution in [3.63, 3.8) is 0 Å². The maximum Gasteiger partial charge on any atom is 0.355 e. The molecular formula is C15H17N5O6S2. The lowest BCUT2D eigenvalue weighted by Gasteiger charge is -2.24. The molecule has 0 spiro atoms. The molecule has 1 aromatic heterocycles. The van der Waals surface area contributed by atoms with E-state index in [9.17, 15) is 14.4 Å². The Morgan fingerprint density at radius 1 is 1.57 bits per heavy atom. The zero-order chi connectivity index (χ0) is 20.3. The number of anilines is 1. The molecular weight excluding hydrogens is 410 g/mol.